The first-order chi connectivity index (χ1) is 9.52. The van der Waals surface area contributed by atoms with E-state index in [2.05, 4.69) is 37.9 Å². The highest BCUT2D eigenvalue weighted by molar-refractivity contribution is 5.50. The molecule has 0 spiro atoms. The molecule has 0 heterocycles. The van der Waals surface area contributed by atoms with Gasteiger partial charge < -0.3 is 10.2 Å². The number of halogens is 1. The van der Waals surface area contributed by atoms with Crippen LogP contribution in [0, 0.1) is 11.7 Å². The van der Waals surface area contributed by atoms with Gasteiger partial charge in [0.15, 0.2) is 0 Å². The van der Waals surface area contributed by atoms with Gasteiger partial charge in [-0.1, -0.05) is 13.0 Å². The molecule has 0 radical (unpaired) electrons. The van der Waals surface area contributed by atoms with Gasteiger partial charge in [-0.25, -0.2) is 4.39 Å². The second-order valence-corrected chi connectivity index (χ2v) is 6.18. The molecule has 1 aromatic carbocycles. The molecule has 0 aromatic heterocycles. The van der Waals surface area contributed by atoms with Crippen LogP contribution in [0.3, 0.4) is 0 Å². The van der Waals surface area contributed by atoms with E-state index < -0.39 is 0 Å². The molecule has 2 rings (SSSR count). The van der Waals surface area contributed by atoms with Crippen LogP contribution in [0.5, 0.6) is 0 Å². The van der Waals surface area contributed by atoms with Crippen molar-refractivity contribution in [1.82, 2.24) is 5.32 Å². The Balaban J connectivity index is 2.17. The molecule has 3 heteroatoms. The third-order valence-electron chi connectivity index (χ3n) is 4.07. The van der Waals surface area contributed by atoms with Gasteiger partial charge in [-0.15, -0.1) is 0 Å². The maximum Gasteiger partial charge on any atom is 0.146 e. The molecule has 1 aromatic rings. The number of anilines is 1. The molecular formula is C17H27FN2. The van der Waals surface area contributed by atoms with Crippen LogP contribution >= 0.6 is 0 Å². The van der Waals surface area contributed by atoms with Gasteiger partial charge in [0.25, 0.3) is 0 Å². The minimum absolute atomic E-state index is 0.0957. The van der Waals surface area contributed by atoms with Gasteiger partial charge in [-0.05, 0) is 63.8 Å². The van der Waals surface area contributed by atoms with Crippen molar-refractivity contribution in [1.29, 1.82) is 0 Å². The smallest absolute Gasteiger partial charge is 0.146 e. The van der Waals surface area contributed by atoms with E-state index in [-0.39, 0.29) is 11.9 Å². The molecule has 112 valence electrons. The molecular weight excluding hydrogens is 251 g/mol. The van der Waals surface area contributed by atoms with Crippen LogP contribution < -0.4 is 10.2 Å². The van der Waals surface area contributed by atoms with Crippen molar-refractivity contribution in [2.24, 2.45) is 5.92 Å². The quantitative estimate of drug-likeness (QED) is 0.807. The van der Waals surface area contributed by atoms with Crippen molar-refractivity contribution in [3.05, 3.63) is 29.6 Å². The summed E-state index contributed by atoms with van der Waals surface area (Å²) >= 11 is 0. The molecule has 1 fully saturated rings. The molecule has 1 aliphatic carbocycles. The minimum Gasteiger partial charge on any atom is -0.366 e. The molecule has 1 N–H and O–H groups in total. The van der Waals surface area contributed by atoms with Crippen LogP contribution in [-0.4, -0.2) is 19.1 Å². The van der Waals surface area contributed by atoms with Crippen molar-refractivity contribution in [3.8, 4) is 0 Å². The van der Waals surface area contributed by atoms with Gasteiger partial charge in [0.1, 0.15) is 5.82 Å². The molecule has 1 aliphatic rings. The summed E-state index contributed by atoms with van der Waals surface area (Å²) in [6, 6.07) is 6.21. The Morgan fingerprint density at radius 3 is 2.50 bits per heavy atom. The first kappa shape index (κ1) is 15.3. The van der Waals surface area contributed by atoms with Gasteiger partial charge in [0.05, 0.1) is 5.69 Å². The highest BCUT2D eigenvalue weighted by Crippen LogP contribution is 2.33. The van der Waals surface area contributed by atoms with E-state index in [4.69, 9.17) is 0 Å². The van der Waals surface area contributed by atoms with Crippen LogP contribution in [0.15, 0.2) is 18.2 Å². The zero-order valence-corrected chi connectivity index (χ0v) is 13.1. The van der Waals surface area contributed by atoms with Crippen molar-refractivity contribution in [2.45, 2.75) is 52.6 Å². The summed E-state index contributed by atoms with van der Waals surface area (Å²) in [6.45, 7) is 10.3. The third-order valence-corrected chi connectivity index (χ3v) is 4.07. The van der Waals surface area contributed by atoms with E-state index in [1.807, 2.05) is 12.1 Å². The lowest BCUT2D eigenvalue weighted by atomic mass is 10.1. The lowest BCUT2D eigenvalue weighted by molar-refractivity contribution is 0.570. The van der Waals surface area contributed by atoms with Crippen molar-refractivity contribution >= 4 is 5.69 Å². The van der Waals surface area contributed by atoms with Crippen molar-refractivity contribution in [3.63, 3.8) is 0 Å². The van der Waals surface area contributed by atoms with E-state index >= 15 is 0 Å². The predicted molar refractivity (Wildman–Crippen MR) is 83.7 cm³/mol. The third kappa shape index (κ3) is 3.72. The normalized spacial score (nSPS) is 16.5. The Hall–Kier alpha value is -1.09. The largest absolute Gasteiger partial charge is 0.366 e. The van der Waals surface area contributed by atoms with E-state index in [1.54, 1.807) is 6.07 Å². The summed E-state index contributed by atoms with van der Waals surface area (Å²) in [6.07, 6.45) is 2.58. The van der Waals surface area contributed by atoms with Crippen LogP contribution in [0.1, 0.15) is 52.1 Å². The topological polar surface area (TPSA) is 15.3 Å². The van der Waals surface area contributed by atoms with Crippen LogP contribution in [0.4, 0.5) is 10.1 Å². The Labute approximate surface area is 122 Å². The first-order valence-electron chi connectivity index (χ1n) is 7.82. The van der Waals surface area contributed by atoms with E-state index in [1.165, 1.54) is 12.8 Å². The van der Waals surface area contributed by atoms with Gasteiger partial charge in [0, 0.05) is 18.6 Å². The number of nitrogens with one attached hydrogen (secondary N) is 1. The SMILES string of the molecule is CCNC(C)c1ccc(N(CC2CC2)C(C)C)c(F)c1. The number of benzene rings is 1. The maximum atomic E-state index is 14.5. The molecule has 1 atom stereocenters. The first-order valence-corrected chi connectivity index (χ1v) is 7.82. The molecule has 20 heavy (non-hydrogen) atoms. The van der Waals surface area contributed by atoms with Gasteiger partial charge in [-0.2, -0.15) is 0 Å². The van der Waals surface area contributed by atoms with Crippen molar-refractivity contribution < 1.29 is 4.39 Å². The van der Waals surface area contributed by atoms with E-state index in [0.717, 1.165) is 30.3 Å². The van der Waals surface area contributed by atoms with Crippen molar-refractivity contribution in [2.75, 3.05) is 18.0 Å². The number of nitrogens with zero attached hydrogens (tertiary/aromatic N) is 1. The summed E-state index contributed by atoms with van der Waals surface area (Å²) in [5.41, 5.74) is 1.77. The van der Waals surface area contributed by atoms with Crippen LogP contribution in [-0.2, 0) is 0 Å². The number of hydrogen-bond donors (Lipinski definition) is 1. The summed E-state index contributed by atoms with van der Waals surface area (Å²) < 4.78 is 14.5. The number of hydrogen-bond acceptors (Lipinski definition) is 2. The average Bonchev–Trinajstić information content (AvgIpc) is 3.20. The maximum absolute atomic E-state index is 14.5. The second kappa shape index (κ2) is 6.57. The predicted octanol–water partition coefficient (Wildman–Crippen LogP) is 4.12. The monoisotopic (exact) mass is 278 g/mol. The summed E-state index contributed by atoms with van der Waals surface area (Å²) in [7, 11) is 0. The van der Waals surface area contributed by atoms with Gasteiger partial charge in [0.2, 0.25) is 0 Å². The zero-order chi connectivity index (χ0) is 14.7. The molecule has 0 saturated heterocycles. The Bertz CT molecular complexity index is 441. The van der Waals surface area contributed by atoms with E-state index in [0.29, 0.717) is 6.04 Å². The van der Waals surface area contributed by atoms with Crippen LogP contribution in [0.2, 0.25) is 0 Å². The van der Waals surface area contributed by atoms with Gasteiger partial charge in [-0.3, -0.25) is 0 Å². The fraction of sp³-hybridized carbons (Fsp3) is 0.647. The molecule has 0 bridgehead atoms. The summed E-state index contributed by atoms with van der Waals surface area (Å²) in [5.74, 6) is 0.666. The lowest BCUT2D eigenvalue weighted by Crippen LogP contribution is -2.33. The molecule has 0 aliphatic heterocycles. The Kier molecular flexibility index (Phi) is 5.03. The standard InChI is InChI=1S/C17H27FN2/c1-5-19-13(4)15-8-9-17(16(18)10-15)20(12(2)3)11-14-6-7-14/h8-10,12-14,19H,5-7,11H2,1-4H3. The van der Waals surface area contributed by atoms with Gasteiger partial charge >= 0.3 is 0 Å². The average molecular weight is 278 g/mol. The Morgan fingerprint density at radius 1 is 1.30 bits per heavy atom. The summed E-state index contributed by atoms with van der Waals surface area (Å²) in [5, 5.41) is 3.32. The highest BCUT2D eigenvalue weighted by atomic mass is 19.1. The molecule has 0 amide bonds. The summed E-state index contributed by atoms with van der Waals surface area (Å²) in [4.78, 5) is 2.20. The number of rotatable bonds is 7. The molecule has 1 unspecified atom stereocenters. The minimum atomic E-state index is -0.0957. The van der Waals surface area contributed by atoms with E-state index in [9.17, 15) is 4.39 Å². The lowest BCUT2D eigenvalue weighted by Gasteiger charge is -2.30. The fourth-order valence-corrected chi connectivity index (χ4v) is 2.62. The Morgan fingerprint density at radius 2 is 2.00 bits per heavy atom. The fourth-order valence-electron chi connectivity index (χ4n) is 2.62. The molecule has 2 nitrogen and oxygen atoms in total. The van der Waals surface area contributed by atoms with Crippen LogP contribution in [0.25, 0.3) is 0 Å². The molecule has 1 saturated carbocycles. The second-order valence-electron chi connectivity index (χ2n) is 6.18. The highest BCUT2D eigenvalue weighted by Gasteiger charge is 2.27. The zero-order valence-electron chi connectivity index (χ0n) is 13.1.